The predicted octanol–water partition coefficient (Wildman–Crippen LogP) is 5.72. The molecule has 3 heterocycles. The number of likely N-dealkylation sites (N-methyl/N-ethyl adjacent to an activating group) is 1. The van der Waals surface area contributed by atoms with Crippen LogP contribution >= 0.6 is 23.2 Å². The van der Waals surface area contributed by atoms with Crippen molar-refractivity contribution in [3.63, 3.8) is 0 Å². The number of allylic oxidation sites excluding steroid dienone is 4. The van der Waals surface area contributed by atoms with E-state index in [1.165, 1.54) is 0 Å². The molecule has 6 rings (SSSR count). The zero-order valence-corrected chi connectivity index (χ0v) is 23.1. The average Bonchev–Trinajstić information content (AvgIpc) is 3.10. The molecule has 7 nitrogen and oxygen atoms in total. The van der Waals surface area contributed by atoms with Gasteiger partial charge in [-0.25, -0.2) is 9.97 Å². The Labute approximate surface area is 237 Å². The van der Waals surface area contributed by atoms with Crippen LogP contribution in [0.15, 0.2) is 77.5 Å². The molecule has 1 aliphatic carbocycles. The molecule has 1 saturated heterocycles. The van der Waals surface area contributed by atoms with Crippen LogP contribution in [-0.2, 0) is 6.54 Å². The number of benzene rings is 2. The van der Waals surface area contributed by atoms with Gasteiger partial charge in [0, 0.05) is 65.3 Å². The van der Waals surface area contributed by atoms with Crippen LogP contribution < -0.4 is 5.32 Å². The van der Waals surface area contributed by atoms with Gasteiger partial charge >= 0.3 is 0 Å². The summed E-state index contributed by atoms with van der Waals surface area (Å²) < 4.78 is 0. The lowest BCUT2D eigenvalue weighted by molar-refractivity contribution is 0.0664. The molecule has 1 aromatic heterocycles. The molecule has 3 aliphatic rings. The second-order valence-electron chi connectivity index (χ2n) is 9.97. The Balaban J connectivity index is 1.26. The van der Waals surface area contributed by atoms with Gasteiger partial charge in [-0.1, -0.05) is 35.9 Å². The first-order valence-corrected chi connectivity index (χ1v) is 13.8. The topological polar surface area (TPSA) is 73.7 Å². The van der Waals surface area contributed by atoms with Crippen molar-refractivity contribution in [2.75, 3.05) is 38.5 Å². The molecule has 1 amide bonds. The highest BCUT2D eigenvalue weighted by atomic mass is 35.5. The molecule has 0 saturated carbocycles. The van der Waals surface area contributed by atoms with Crippen molar-refractivity contribution in [1.29, 1.82) is 0 Å². The van der Waals surface area contributed by atoms with E-state index in [4.69, 9.17) is 33.2 Å². The Kier molecular flexibility index (Phi) is 7.21. The fourth-order valence-corrected chi connectivity index (χ4v) is 5.53. The van der Waals surface area contributed by atoms with Crippen LogP contribution in [0.3, 0.4) is 0 Å². The minimum atomic E-state index is -0.156. The fourth-order valence-electron chi connectivity index (χ4n) is 5.08. The number of carbonyl (C=O) groups excluding carboxylic acids is 1. The van der Waals surface area contributed by atoms with Crippen molar-refractivity contribution in [3.8, 4) is 11.3 Å². The fraction of sp³-hybridized carbons (Fsp3) is 0.267. The van der Waals surface area contributed by atoms with E-state index < -0.39 is 0 Å². The van der Waals surface area contributed by atoms with Crippen molar-refractivity contribution in [2.24, 2.45) is 4.99 Å². The molecular formula is C30H28Cl2N6O. The lowest BCUT2D eigenvalue weighted by Gasteiger charge is -2.32. The number of anilines is 2. The van der Waals surface area contributed by atoms with Gasteiger partial charge in [0.05, 0.1) is 23.3 Å². The number of alkyl halides is 1. The highest BCUT2D eigenvalue weighted by Gasteiger charge is 2.26. The van der Waals surface area contributed by atoms with Crippen LogP contribution in [0.25, 0.3) is 11.3 Å². The molecule has 9 heteroatoms. The molecule has 1 N–H and O–H groups in total. The van der Waals surface area contributed by atoms with E-state index >= 15 is 0 Å². The van der Waals surface area contributed by atoms with Crippen molar-refractivity contribution in [2.45, 2.75) is 18.3 Å². The van der Waals surface area contributed by atoms with Crippen LogP contribution in [-0.4, -0.2) is 70.0 Å². The minimum absolute atomic E-state index is 0.0600. The SMILES string of the molecule is CN1CCN(C(=O)c2ccc(Nc3ncc4c(n3)-c3ccc(Cl)cc3C(C3=CC=CCC3Cl)=NC4)cc2)CC1. The van der Waals surface area contributed by atoms with Crippen molar-refractivity contribution >= 4 is 46.5 Å². The molecule has 1 atom stereocenters. The maximum atomic E-state index is 12.9. The molecule has 0 radical (unpaired) electrons. The molecule has 198 valence electrons. The van der Waals surface area contributed by atoms with Crippen LogP contribution in [0.2, 0.25) is 5.02 Å². The molecule has 1 unspecified atom stereocenters. The summed E-state index contributed by atoms with van der Waals surface area (Å²) in [6.07, 6.45) is 8.67. The smallest absolute Gasteiger partial charge is 0.253 e. The minimum Gasteiger partial charge on any atom is -0.336 e. The van der Waals surface area contributed by atoms with E-state index in [9.17, 15) is 4.79 Å². The highest BCUT2D eigenvalue weighted by Crippen LogP contribution is 2.36. The quantitative estimate of drug-likeness (QED) is 0.414. The number of fused-ring (bicyclic) bond motifs is 3. The first-order valence-electron chi connectivity index (χ1n) is 13.0. The van der Waals surface area contributed by atoms with Gasteiger partial charge < -0.3 is 15.1 Å². The zero-order chi connectivity index (χ0) is 26.9. The first-order chi connectivity index (χ1) is 19.0. The zero-order valence-electron chi connectivity index (χ0n) is 21.6. The third kappa shape index (κ3) is 5.35. The summed E-state index contributed by atoms with van der Waals surface area (Å²) in [6, 6.07) is 13.2. The average molecular weight is 560 g/mol. The number of rotatable bonds is 4. The number of carbonyl (C=O) groups is 1. The third-order valence-electron chi connectivity index (χ3n) is 7.31. The third-order valence-corrected chi connectivity index (χ3v) is 7.96. The van der Waals surface area contributed by atoms with Gasteiger partial charge in [-0.3, -0.25) is 9.79 Å². The van der Waals surface area contributed by atoms with Crippen molar-refractivity contribution in [1.82, 2.24) is 19.8 Å². The van der Waals surface area contributed by atoms with Gasteiger partial charge in [-0.15, -0.1) is 11.6 Å². The van der Waals surface area contributed by atoms with Crippen LogP contribution in [0.4, 0.5) is 11.6 Å². The lowest BCUT2D eigenvalue weighted by Crippen LogP contribution is -2.47. The molecule has 3 aromatic rings. The molecule has 0 spiro atoms. The van der Waals surface area contributed by atoms with E-state index in [-0.39, 0.29) is 11.3 Å². The Bertz CT molecular complexity index is 1510. The van der Waals surface area contributed by atoms with E-state index in [1.807, 2.05) is 65.7 Å². The standard InChI is InChI=1S/C30H28Cl2N6O/c1-37-12-14-38(15-13-37)29(39)19-6-9-22(10-7-19)35-30-34-18-20-17-33-28(24-4-2-3-5-26(24)32)25-16-21(31)8-11-23(25)27(20)36-30/h2-4,6-11,16,18,26H,5,12-15,17H2,1H3,(H,34,35,36). The maximum Gasteiger partial charge on any atom is 0.253 e. The number of hydrogen-bond acceptors (Lipinski definition) is 6. The van der Waals surface area contributed by atoms with Gasteiger partial charge in [0.2, 0.25) is 5.95 Å². The van der Waals surface area contributed by atoms with Gasteiger partial charge in [0.1, 0.15) is 0 Å². The molecular weight excluding hydrogens is 531 g/mol. The van der Waals surface area contributed by atoms with Crippen LogP contribution in [0, 0.1) is 0 Å². The van der Waals surface area contributed by atoms with E-state index in [0.717, 1.165) is 72.0 Å². The Morgan fingerprint density at radius 2 is 1.85 bits per heavy atom. The first kappa shape index (κ1) is 25.7. The van der Waals surface area contributed by atoms with Crippen LogP contribution in [0.1, 0.15) is 27.9 Å². The lowest BCUT2D eigenvalue weighted by atomic mass is 9.91. The second-order valence-corrected chi connectivity index (χ2v) is 10.9. The number of piperazine rings is 1. The van der Waals surface area contributed by atoms with Crippen molar-refractivity contribution < 1.29 is 4.79 Å². The number of nitrogens with zero attached hydrogens (tertiary/aromatic N) is 5. The number of hydrogen-bond donors (Lipinski definition) is 1. The van der Waals surface area contributed by atoms with Gasteiger partial charge in [0.15, 0.2) is 0 Å². The maximum absolute atomic E-state index is 12.9. The summed E-state index contributed by atoms with van der Waals surface area (Å²) in [5, 5.41) is 3.76. The Morgan fingerprint density at radius 1 is 1.05 bits per heavy atom. The predicted molar refractivity (Wildman–Crippen MR) is 157 cm³/mol. The van der Waals surface area contributed by atoms with E-state index in [1.54, 1.807) is 0 Å². The molecule has 39 heavy (non-hydrogen) atoms. The highest BCUT2D eigenvalue weighted by molar-refractivity contribution is 6.33. The van der Waals surface area contributed by atoms with Gasteiger partial charge in [-0.05, 0) is 55.4 Å². The molecule has 2 aromatic carbocycles. The van der Waals surface area contributed by atoms with E-state index in [2.05, 4.69) is 28.3 Å². The summed E-state index contributed by atoms with van der Waals surface area (Å²) >= 11 is 13.1. The number of halogens is 2. The van der Waals surface area contributed by atoms with Crippen LogP contribution in [0.5, 0.6) is 0 Å². The number of amides is 1. The molecule has 0 bridgehead atoms. The second kappa shape index (κ2) is 10.9. The van der Waals surface area contributed by atoms with Crippen molar-refractivity contribution in [3.05, 3.63) is 94.2 Å². The Hall–Kier alpha value is -3.52. The summed E-state index contributed by atoms with van der Waals surface area (Å²) in [4.78, 5) is 31.4. The van der Waals surface area contributed by atoms with Gasteiger partial charge in [0.25, 0.3) is 5.91 Å². The summed E-state index contributed by atoms with van der Waals surface area (Å²) in [6.45, 7) is 3.71. The number of aliphatic imine (C=N–C) groups is 1. The normalized spacial score (nSPS) is 18.9. The molecule has 2 aliphatic heterocycles. The molecule has 1 fully saturated rings. The summed E-state index contributed by atoms with van der Waals surface area (Å²) in [5.41, 5.74) is 6.86. The Morgan fingerprint density at radius 3 is 2.62 bits per heavy atom. The summed E-state index contributed by atoms with van der Waals surface area (Å²) in [5.74, 6) is 0.524. The number of nitrogens with one attached hydrogen (secondary N) is 1. The van der Waals surface area contributed by atoms with Gasteiger partial charge in [-0.2, -0.15) is 0 Å². The monoisotopic (exact) mass is 558 g/mol. The number of aromatic nitrogens is 2. The largest absolute Gasteiger partial charge is 0.336 e. The summed E-state index contributed by atoms with van der Waals surface area (Å²) in [7, 11) is 2.08. The van der Waals surface area contributed by atoms with E-state index in [0.29, 0.717) is 23.1 Å².